The highest BCUT2D eigenvalue weighted by atomic mass is 32.2. The van der Waals surface area contributed by atoms with Crippen molar-refractivity contribution in [2.24, 2.45) is 0 Å². The van der Waals surface area contributed by atoms with Crippen LogP contribution in [-0.2, 0) is 10.0 Å². The Hall–Kier alpha value is -2.47. The van der Waals surface area contributed by atoms with Gasteiger partial charge in [-0.25, -0.2) is 8.42 Å². The molecule has 23 heavy (non-hydrogen) atoms. The number of allylic oxidation sites excluding steroid dienone is 1. The van der Waals surface area contributed by atoms with Crippen molar-refractivity contribution in [2.45, 2.75) is 18.7 Å². The predicted molar refractivity (Wildman–Crippen MR) is 89.3 cm³/mol. The molecule has 0 aliphatic carbocycles. The van der Waals surface area contributed by atoms with Gasteiger partial charge in [0.05, 0.1) is 10.6 Å². The molecule has 1 aliphatic rings. The summed E-state index contributed by atoms with van der Waals surface area (Å²) in [5.74, 6) is 1.10. The highest BCUT2D eigenvalue weighted by Gasteiger charge is 2.21. The fourth-order valence-electron chi connectivity index (χ4n) is 2.30. The van der Waals surface area contributed by atoms with E-state index in [1.54, 1.807) is 43.3 Å². The lowest BCUT2D eigenvalue weighted by molar-refractivity contribution is 0.174. The van der Waals surface area contributed by atoms with Crippen LogP contribution in [0.5, 0.6) is 11.5 Å². The first-order chi connectivity index (χ1) is 10.9. The summed E-state index contributed by atoms with van der Waals surface area (Å²) in [5.41, 5.74) is 2.81. The third kappa shape index (κ3) is 3.03. The molecule has 0 radical (unpaired) electrons. The van der Waals surface area contributed by atoms with E-state index in [4.69, 9.17) is 9.47 Å². The summed E-state index contributed by atoms with van der Waals surface area (Å²) >= 11 is 0. The SMILES string of the molecule is C=C(C)c1cc2c(cc1NS(=O)(=O)c1ccc(C)cc1)OCO2. The van der Waals surface area contributed by atoms with Crippen molar-refractivity contribution >= 4 is 21.3 Å². The van der Waals surface area contributed by atoms with E-state index in [1.165, 1.54) is 0 Å². The zero-order valence-electron chi connectivity index (χ0n) is 12.9. The normalized spacial score (nSPS) is 13.0. The summed E-state index contributed by atoms with van der Waals surface area (Å²) in [6.45, 7) is 7.73. The van der Waals surface area contributed by atoms with Gasteiger partial charge < -0.3 is 9.47 Å². The molecule has 6 heteroatoms. The van der Waals surface area contributed by atoms with Crippen LogP contribution in [0.15, 0.2) is 47.9 Å². The first-order valence-electron chi connectivity index (χ1n) is 7.06. The first-order valence-corrected chi connectivity index (χ1v) is 8.54. The van der Waals surface area contributed by atoms with Gasteiger partial charge in [-0.1, -0.05) is 24.3 Å². The second kappa shape index (κ2) is 5.62. The number of benzene rings is 2. The molecule has 5 nitrogen and oxygen atoms in total. The van der Waals surface area contributed by atoms with Gasteiger partial charge in [0.1, 0.15) is 0 Å². The predicted octanol–water partition coefficient (Wildman–Crippen LogP) is 3.56. The summed E-state index contributed by atoms with van der Waals surface area (Å²) in [7, 11) is -3.69. The lowest BCUT2D eigenvalue weighted by Crippen LogP contribution is -2.14. The summed E-state index contributed by atoms with van der Waals surface area (Å²) in [6.07, 6.45) is 0. The molecule has 0 spiro atoms. The summed E-state index contributed by atoms with van der Waals surface area (Å²) < 4.78 is 38.4. The molecule has 1 heterocycles. The summed E-state index contributed by atoms with van der Waals surface area (Å²) in [6, 6.07) is 10.0. The van der Waals surface area contributed by atoms with E-state index < -0.39 is 10.0 Å². The van der Waals surface area contributed by atoms with Crippen molar-refractivity contribution in [3.63, 3.8) is 0 Å². The molecule has 0 aromatic heterocycles. The number of ether oxygens (including phenoxy) is 2. The Kier molecular flexibility index (Phi) is 3.77. The van der Waals surface area contributed by atoms with Gasteiger partial charge in [-0.2, -0.15) is 0 Å². The molecular weight excluding hydrogens is 314 g/mol. The highest BCUT2D eigenvalue weighted by molar-refractivity contribution is 7.92. The molecule has 1 aliphatic heterocycles. The summed E-state index contributed by atoms with van der Waals surface area (Å²) in [5, 5.41) is 0. The highest BCUT2D eigenvalue weighted by Crippen LogP contribution is 2.39. The van der Waals surface area contributed by atoms with Crippen molar-refractivity contribution in [1.29, 1.82) is 0 Å². The van der Waals surface area contributed by atoms with E-state index in [0.717, 1.165) is 11.1 Å². The Morgan fingerprint density at radius 2 is 1.74 bits per heavy atom. The molecule has 0 fully saturated rings. The van der Waals surface area contributed by atoms with Crippen molar-refractivity contribution in [3.05, 3.63) is 54.1 Å². The van der Waals surface area contributed by atoms with Gasteiger partial charge in [-0.05, 0) is 37.6 Å². The molecule has 0 saturated carbocycles. The molecule has 120 valence electrons. The van der Waals surface area contributed by atoms with Crippen LogP contribution in [0.2, 0.25) is 0 Å². The van der Waals surface area contributed by atoms with Gasteiger partial charge in [0.15, 0.2) is 11.5 Å². The standard InChI is InChI=1S/C17H17NO4S/c1-11(2)14-8-16-17(22-10-21-16)9-15(14)18-23(19,20)13-6-4-12(3)5-7-13/h4-9,18H,1,10H2,2-3H3. The Labute approximate surface area is 135 Å². The average Bonchev–Trinajstić information content (AvgIpc) is 2.93. The van der Waals surface area contributed by atoms with Crippen LogP contribution in [0, 0.1) is 6.92 Å². The van der Waals surface area contributed by atoms with E-state index >= 15 is 0 Å². The van der Waals surface area contributed by atoms with E-state index in [2.05, 4.69) is 11.3 Å². The number of fused-ring (bicyclic) bond motifs is 1. The van der Waals surface area contributed by atoms with Crippen molar-refractivity contribution in [3.8, 4) is 11.5 Å². The van der Waals surface area contributed by atoms with Crippen LogP contribution in [-0.4, -0.2) is 15.2 Å². The van der Waals surface area contributed by atoms with Crippen LogP contribution < -0.4 is 14.2 Å². The van der Waals surface area contributed by atoms with Gasteiger partial charge in [0.25, 0.3) is 10.0 Å². The minimum Gasteiger partial charge on any atom is -0.454 e. The van der Waals surface area contributed by atoms with E-state index in [9.17, 15) is 8.42 Å². The largest absolute Gasteiger partial charge is 0.454 e. The van der Waals surface area contributed by atoms with Crippen LogP contribution >= 0.6 is 0 Å². The number of rotatable bonds is 4. The van der Waals surface area contributed by atoms with Gasteiger partial charge in [-0.3, -0.25) is 4.72 Å². The molecule has 1 N–H and O–H groups in total. The zero-order chi connectivity index (χ0) is 16.6. The molecule has 3 rings (SSSR count). The number of hydrogen-bond acceptors (Lipinski definition) is 4. The minimum absolute atomic E-state index is 0.124. The Bertz CT molecular complexity index is 870. The van der Waals surface area contributed by atoms with E-state index in [1.807, 2.05) is 6.92 Å². The second-order valence-electron chi connectivity index (χ2n) is 5.45. The fraction of sp³-hybridized carbons (Fsp3) is 0.176. The molecule has 0 bridgehead atoms. The number of sulfonamides is 1. The van der Waals surface area contributed by atoms with Crippen molar-refractivity contribution < 1.29 is 17.9 Å². The van der Waals surface area contributed by atoms with Gasteiger partial charge >= 0.3 is 0 Å². The molecule has 0 saturated heterocycles. The molecule has 0 atom stereocenters. The average molecular weight is 331 g/mol. The maximum Gasteiger partial charge on any atom is 0.261 e. The Balaban J connectivity index is 2.02. The van der Waals surface area contributed by atoms with Crippen LogP contribution in [0.4, 0.5) is 5.69 Å². The zero-order valence-corrected chi connectivity index (χ0v) is 13.7. The first kappa shape index (κ1) is 15.4. The Morgan fingerprint density at radius 3 is 2.35 bits per heavy atom. The van der Waals surface area contributed by atoms with E-state index in [0.29, 0.717) is 22.7 Å². The maximum atomic E-state index is 12.6. The topological polar surface area (TPSA) is 64.6 Å². The van der Waals surface area contributed by atoms with Gasteiger partial charge in [-0.15, -0.1) is 0 Å². The summed E-state index contributed by atoms with van der Waals surface area (Å²) in [4.78, 5) is 0.202. The molecule has 0 amide bonds. The van der Waals surface area contributed by atoms with Crippen LogP contribution in [0.1, 0.15) is 18.1 Å². The molecule has 2 aromatic rings. The number of nitrogens with one attached hydrogen (secondary N) is 1. The number of aryl methyl sites for hydroxylation is 1. The monoisotopic (exact) mass is 331 g/mol. The van der Waals surface area contributed by atoms with Crippen LogP contribution in [0.3, 0.4) is 0 Å². The third-order valence-electron chi connectivity index (χ3n) is 3.55. The van der Waals surface area contributed by atoms with Gasteiger partial charge in [0, 0.05) is 11.6 Å². The molecular formula is C17H17NO4S. The lowest BCUT2D eigenvalue weighted by atomic mass is 10.1. The van der Waals surface area contributed by atoms with Crippen LogP contribution in [0.25, 0.3) is 5.57 Å². The smallest absolute Gasteiger partial charge is 0.261 e. The van der Waals surface area contributed by atoms with E-state index in [-0.39, 0.29) is 11.7 Å². The maximum absolute atomic E-state index is 12.6. The minimum atomic E-state index is -3.69. The molecule has 0 unspecified atom stereocenters. The quantitative estimate of drug-likeness (QED) is 0.930. The fourth-order valence-corrected chi connectivity index (χ4v) is 3.37. The Morgan fingerprint density at radius 1 is 1.13 bits per heavy atom. The van der Waals surface area contributed by atoms with Crippen molar-refractivity contribution in [2.75, 3.05) is 11.5 Å². The number of hydrogen-bond donors (Lipinski definition) is 1. The number of anilines is 1. The van der Waals surface area contributed by atoms with Gasteiger partial charge in [0.2, 0.25) is 6.79 Å². The second-order valence-corrected chi connectivity index (χ2v) is 7.13. The third-order valence-corrected chi connectivity index (χ3v) is 4.93. The molecule has 2 aromatic carbocycles. The lowest BCUT2D eigenvalue weighted by Gasteiger charge is -2.14. The van der Waals surface area contributed by atoms with Crippen molar-refractivity contribution in [1.82, 2.24) is 0 Å².